The Kier molecular flexibility index (Phi) is 2.98. The van der Waals surface area contributed by atoms with E-state index in [2.05, 4.69) is 10.3 Å². The van der Waals surface area contributed by atoms with Crippen LogP contribution in [0.25, 0.3) is 5.69 Å². The van der Waals surface area contributed by atoms with E-state index in [0.29, 0.717) is 29.8 Å². The summed E-state index contributed by atoms with van der Waals surface area (Å²) in [6.07, 6.45) is 4.60. The second-order valence-corrected chi connectivity index (χ2v) is 4.55. The van der Waals surface area contributed by atoms with Crippen molar-refractivity contribution in [2.24, 2.45) is 10.3 Å². The number of halogens is 1. The first-order chi connectivity index (χ1) is 9.74. The normalized spacial score (nSPS) is 18.4. The Morgan fingerprint density at radius 2 is 1.85 bits per heavy atom. The summed E-state index contributed by atoms with van der Waals surface area (Å²) in [6, 6.07) is 6.42. The zero-order valence-corrected chi connectivity index (χ0v) is 10.5. The number of rotatable bonds is 1. The van der Waals surface area contributed by atoms with Gasteiger partial charge in [-0.1, -0.05) is 22.4 Å². The molecular formula is C14H12FN3O2. The third-order valence-electron chi connectivity index (χ3n) is 3.42. The highest BCUT2D eigenvalue weighted by atomic mass is 19.1. The van der Waals surface area contributed by atoms with Gasteiger partial charge in [-0.25, -0.2) is 4.39 Å². The molecule has 20 heavy (non-hydrogen) atoms. The molecule has 1 heterocycles. The maximum atomic E-state index is 13.8. The molecule has 102 valence electrons. The van der Waals surface area contributed by atoms with Crippen LogP contribution in [0.4, 0.5) is 4.39 Å². The van der Waals surface area contributed by atoms with Gasteiger partial charge in [0.2, 0.25) is 0 Å². The SMILES string of the molecule is ON=C1/C(=N/O)CCc2cn(-c3ccccc3F)cc21. The van der Waals surface area contributed by atoms with Crippen molar-refractivity contribution >= 4 is 11.4 Å². The molecule has 0 atom stereocenters. The molecule has 0 amide bonds. The molecule has 2 aromatic rings. The van der Waals surface area contributed by atoms with Crippen molar-refractivity contribution in [2.75, 3.05) is 0 Å². The summed E-state index contributed by atoms with van der Waals surface area (Å²) in [7, 11) is 0. The number of para-hydroxylation sites is 1. The number of hydrogen-bond donors (Lipinski definition) is 2. The number of aromatic nitrogens is 1. The van der Waals surface area contributed by atoms with Crippen LogP contribution in [0.5, 0.6) is 0 Å². The summed E-state index contributed by atoms with van der Waals surface area (Å²) in [4.78, 5) is 0. The van der Waals surface area contributed by atoms with E-state index in [-0.39, 0.29) is 11.5 Å². The molecule has 1 aromatic heterocycles. The average molecular weight is 273 g/mol. The molecule has 0 bridgehead atoms. The van der Waals surface area contributed by atoms with Crippen LogP contribution in [-0.4, -0.2) is 26.4 Å². The van der Waals surface area contributed by atoms with Crippen molar-refractivity contribution in [2.45, 2.75) is 12.8 Å². The van der Waals surface area contributed by atoms with Gasteiger partial charge in [0.1, 0.15) is 17.2 Å². The second kappa shape index (κ2) is 4.80. The topological polar surface area (TPSA) is 70.1 Å². The molecule has 0 unspecified atom stereocenters. The fourth-order valence-corrected chi connectivity index (χ4v) is 2.45. The van der Waals surface area contributed by atoms with Gasteiger partial charge in [0.15, 0.2) is 0 Å². The summed E-state index contributed by atoms with van der Waals surface area (Å²) in [5.74, 6) is -0.335. The van der Waals surface area contributed by atoms with E-state index in [9.17, 15) is 4.39 Å². The van der Waals surface area contributed by atoms with Crippen molar-refractivity contribution in [3.8, 4) is 5.69 Å². The molecule has 0 saturated carbocycles. The molecule has 0 saturated heterocycles. The molecular weight excluding hydrogens is 261 g/mol. The Morgan fingerprint density at radius 1 is 1.05 bits per heavy atom. The number of benzene rings is 1. The first kappa shape index (κ1) is 12.4. The number of fused-ring (bicyclic) bond motifs is 1. The van der Waals surface area contributed by atoms with E-state index in [0.717, 1.165) is 5.56 Å². The molecule has 6 heteroatoms. The number of oxime groups is 2. The summed E-state index contributed by atoms with van der Waals surface area (Å²) >= 11 is 0. The maximum absolute atomic E-state index is 13.8. The lowest BCUT2D eigenvalue weighted by Gasteiger charge is -2.12. The second-order valence-electron chi connectivity index (χ2n) is 4.55. The molecule has 0 aliphatic heterocycles. The third-order valence-corrected chi connectivity index (χ3v) is 3.42. The van der Waals surface area contributed by atoms with Gasteiger partial charge in [-0.05, 0) is 30.5 Å². The lowest BCUT2D eigenvalue weighted by molar-refractivity contribution is 0.313. The van der Waals surface area contributed by atoms with Crippen LogP contribution in [-0.2, 0) is 6.42 Å². The van der Waals surface area contributed by atoms with Gasteiger partial charge < -0.3 is 15.0 Å². The lowest BCUT2D eigenvalue weighted by atomic mass is 9.92. The number of nitrogens with zero attached hydrogens (tertiary/aromatic N) is 3. The van der Waals surface area contributed by atoms with Crippen LogP contribution in [0, 0.1) is 5.82 Å². The number of hydrogen-bond acceptors (Lipinski definition) is 4. The highest BCUT2D eigenvalue weighted by Crippen LogP contribution is 2.24. The van der Waals surface area contributed by atoms with Gasteiger partial charge in [-0.3, -0.25) is 0 Å². The minimum atomic E-state index is -0.335. The molecule has 1 aromatic carbocycles. The lowest BCUT2D eigenvalue weighted by Crippen LogP contribution is -2.22. The van der Waals surface area contributed by atoms with E-state index < -0.39 is 0 Å². The summed E-state index contributed by atoms with van der Waals surface area (Å²) in [5, 5.41) is 24.3. The summed E-state index contributed by atoms with van der Waals surface area (Å²) in [5.41, 5.74) is 2.54. The Balaban J connectivity index is 2.12. The van der Waals surface area contributed by atoms with Crippen LogP contribution in [0.15, 0.2) is 47.0 Å². The predicted molar refractivity (Wildman–Crippen MR) is 71.6 cm³/mol. The van der Waals surface area contributed by atoms with Gasteiger partial charge in [-0.15, -0.1) is 0 Å². The smallest absolute Gasteiger partial charge is 0.147 e. The molecule has 3 rings (SSSR count). The van der Waals surface area contributed by atoms with Crippen molar-refractivity contribution in [1.29, 1.82) is 0 Å². The molecule has 1 aliphatic rings. The van der Waals surface area contributed by atoms with Crippen LogP contribution >= 0.6 is 0 Å². The van der Waals surface area contributed by atoms with Gasteiger partial charge in [0, 0.05) is 18.0 Å². The quantitative estimate of drug-likeness (QED) is 0.619. The minimum absolute atomic E-state index is 0.226. The van der Waals surface area contributed by atoms with Crippen LogP contribution in [0.3, 0.4) is 0 Å². The predicted octanol–water partition coefficient (Wildman–Crippen LogP) is 2.57. The van der Waals surface area contributed by atoms with Crippen LogP contribution in [0.2, 0.25) is 0 Å². The van der Waals surface area contributed by atoms with E-state index in [1.165, 1.54) is 6.07 Å². The van der Waals surface area contributed by atoms with E-state index in [1.807, 2.05) is 0 Å². The number of aryl methyl sites for hydroxylation is 1. The summed E-state index contributed by atoms with van der Waals surface area (Å²) in [6.45, 7) is 0. The Morgan fingerprint density at radius 3 is 2.55 bits per heavy atom. The maximum Gasteiger partial charge on any atom is 0.147 e. The van der Waals surface area contributed by atoms with Gasteiger partial charge in [0.05, 0.1) is 5.69 Å². The summed E-state index contributed by atoms with van der Waals surface area (Å²) < 4.78 is 15.4. The van der Waals surface area contributed by atoms with Gasteiger partial charge in [0.25, 0.3) is 0 Å². The van der Waals surface area contributed by atoms with Crippen molar-refractivity contribution in [3.05, 3.63) is 53.6 Å². The zero-order valence-electron chi connectivity index (χ0n) is 10.5. The molecule has 1 aliphatic carbocycles. The highest BCUT2D eigenvalue weighted by molar-refractivity contribution is 6.49. The fourth-order valence-electron chi connectivity index (χ4n) is 2.45. The molecule has 2 N–H and O–H groups in total. The Hall–Kier alpha value is -2.63. The zero-order chi connectivity index (χ0) is 14.1. The van der Waals surface area contributed by atoms with Gasteiger partial charge >= 0.3 is 0 Å². The van der Waals surface area contributed by atoms with Crippen molar-refractivity contribution in [1.82, 2.24) is 4.57 Å². The van der Waals surface area contributed by atoms with Crippen LogP contribution in [0.1, 0.15) is 17.5 Å². The molecule has 5 nitrogen and oxygen atoms in total. The van der Waals surface area contributed by atoms with E-state index >= 15 is 0 Å². The van der Waals surface area contributed by atoms with Crippen molar-refractivity contribution in [3.63, 3.8) is 0 Å². The van der Waals surface area contributed by atoms with Gasteiger partial charge in [-0.2, -0.15) is 0 Å². The fraction of sp³-hybridized carbons (Fsp3) is 0.143. The third kappa shape index (κ3) is 1.85. The van der Waals surface area contributed by atoms with E-state index in [4.69, 9.17) is 10.4 Å². The first-order valence-corrected chi connectivity index (χ1v) is 6.14. The molecule has 0 spiro atoms. The first-order valence-electron chi connectivity index (χ1n) is 6.14. The van der Waals surface area contributed by atoms with Crippen molar-refractivity contribution < 1.29 is 14.8 Å². The molecule has 0 fully saturated rings. The minimum Gasteiger partial charge on any atom is -0.411 e. The van der Waals surface area contributed by atoms with E-state index in [1.54, 1.807) is 35.2 Å². The standard InChI is InChI=1S/C14H12FN3O2/c15-11-3-1-2-4-13(11)18-7-9-5-6-12(16-19)14(17-20)10(9)8-18/h1-4,7-8,19-20H,5-6H2/b16-12+,17-14?. The average Bonchev–Trinajstić information content (AvgIpc) is 2.90. The monoisotopic (exact) mass is 273 g/mol. The Bertz CT molecular complexity index is 719. The Labute approximate surface area is 114 Å². The van der Waals surface area contributed by atoms with Crippen LogP contribution < -0.4 is 0 Å². The highest BCUT2D eigenvalue weighted by Gasteiger charge is 2.25. The molecule has 0 radical (unpaired) electrons. The largest absolute Gasteiger partial charge is 0.411 e.